The maximum absolute atomic E-state index is 12.1. The summed E-state index contributed by atoms with van der Waals surface area (Å²) >= 11 is 5.49. The van der Waals surface area contributed by atoms with Crippen molar-refractivity contribution in [2.75, 3.05) is 0 Å². The summed E-state index contributed by atoms with van der Waals surface area (Å²) in [6, 6.07) is 9.70. The SMILES string of the molecule is O=C1C=CC2(NC(=O)C(I)=C2c2ccccc2)C(Br)=C1. The van der Waals surface area contributed by atoms with E-state index in [2.05, 4.69) is 43.8 Å². The van der Waals surface area contributed by atoms with E-state index in [1.807, 2.05) is 30.3 Å². The predicted molar refractivity (Wildman–Crippen MR) is 89.4 cm³/mol. The third-order valence-electron chi connectivity index (χ3n) is 3.33. The number of carbonyl (C=O) groups excluding carboxylic acids is 2. The number of allylic oxidation sites excluding steroid dienone is 2. The molecule has 20 heavy (non-hydrogen) atoms. The highest BCUT2D eigenvalue weighted by Gasteiger charge is 2.46. The molecule has 0 aromatic heterocycles. The Morgan fingerprint density at radius 1 is 1.15 bits per heavy atom. The van der Waals surface area contributed by atoms with Crippen molar-refractivity contribution in [1.82, 2.24) is 5.32 Å². The lowest BCUT2D eigenvalue weighted by molar-refractivity contribution is -0.116. The lowest BCUT2D eigenvalue weighted by Crippen LogP contribution is -2.44. The standard InChI is InChI=1S/C15H9BrINO2/c16-11-8-10(19)6-7-15(11)12(13(17)14(20)18-15)9-4-2-1-3-5-9/h1-8H,(H,18,20). The first-order valence-corrected chi connectivity index (χ1v) is 7.81. The van der Waals surface area contributed by atoms with Crippen molar-refractivity contribution in [1.29, 1.82) is 0 Å². The molecule has 0 saturated heterocycles. The topological polar surface area (TPSA) is 46.2 Å². The Morgan fingerprint density at radius 3 is 2.50 bits per heavy atom. The fourth-order valence-electron chi connectivity index (χ4n) is 2.42. The van der Waals surface area contributed by atoms with Crippen LogP contribution in [0.2, 0.25) is 0 Å². The van der Waals surface area contributed by atoms with Gasteiger partial charge in [-0.2, -0.15) is 0 Å². The molecule has 1 aliphatic heterocycles. The van der Waals surface area contributed by atoms with Gasteiger partial charge in [0, 0.05) is 10.1 Å². The molecule has 1 heterocycles. The minimum atomic E-state index is -0.775. The van der Waals surface area contributed by atoms with Crippen molar-refractivity contribution >= 4 is 55.8 Å². The second-order valence-electron chi connectivity index (χ2n) is 4.55. The second-order valence-corrected chi connectivity index (χ2v) is 6.48. The molecule has 5 heteroatoms. The van der Waals surface area contributed by atoms with Gasteiger partial charge in [0.2, 0.25) is 0 Å². The molecule has 1 aromatic rings. The van der Waals surface area contributed by atoms with Crippen LogP contribution in [0.15, 0.2) is 56.6 Å². The van der Waals surface area contributed by atoms with E-state index in [9.17, 15) is 9.59 Å². The quantitative estimate of drug-likeness (QED) is 0.680. The molecule has 1 aromatic carbocycles. The first-order valence-electron chi connectivity index (χ1n) is 5.93. The summed E-state index contributed by atoms with van der Waals surface area (Å²) in [4.78, 5) is 23.6. The van der Waals surface area contributed by atoms with E-state index >= 15 is 0 Å². The summed E-state index contributed by atoms with van der Waals surface area (Å²) < 4.78 is 1.29. The summed E-state index contributed by atoms with van der Waals surface area (Å²) in [5, 5.41) is 2.96. The average Bonchev–Trinajstić information content (AvgIpc) is 2.69. The summed E-state index contributed by atoms with van der Waals surface area (Å²) in [5.74, 6) is -0.222. The Kier molecular flexibility index (Phi) is 3.41. The van der Waals surface area contributed by atoms with Crippen LogP contribution < -0.4 is 5.32 Å². The van der Waals surface area contributed by atoms with Crippen molar-refractivity contribution < 1.29 is 9.59 Å². The average molecular weight is 442 g/mol. The molecule has 1 N–H and O–H groups in total. The second kappa shape index (κ2) is 4.96. The lowest BCUT2D eigenvalue weighted by Gasteiger charge is -2.31. The maximum atomic E-state index is 12.1. The Morgan fingerprint density at radius 2 is 1.85 bits per heavy atom. The van der Waals surface area contributed by atoms with Crippen molar-refractivity contribution in [2.45, 2.75) is 5.54 Å². The number of benzene rings is 1. The molecule has 3 rings (SSSR count). The van der Waals surface area contributed by atoms with Gasteiger partial charge in [0.25, 0.3) is 5.91 Å². The van der Waals surface area contributed by atoms with E-state index in [-0.39, 0.29) is 11.7 Å². The van der Waals surface area contributed by atoms with Gasteiger partial charge in [0.05, 0.1) is 3.58 Å². The molecule has 1 unspecified atom stereocenters. The highest BCUT2D eigenvalue weighted by Crippen LogP contribution is 2.46. The number of hydrogen-bond acceptors (Lipinski definition) is 2. The van der Waals surface area contributed by atoms with Crippen LogP contribution in [0.4, 0.5) is 0 Å². The zero-order valence-corrected chi connectivity index (χ0v) is 13.9. The van der Waals surface area contributed by atoms with Crippen molar-refractivity contribution in [3.05, 3.63) is 62.2 Å². The van der Waals surface area contributed by atoms with Gasteiger partial charge in [0.15, 0.2) is 5.78 Å². The Balaban J connectivity index is 2.23. The van der Waals surface area contributed by atoms with E-state index in [1.54, 1.807) is 6.08 Å². The molecule has 1 aliphatic carbocycles. The largest absolute Gasteiger partial charge is 0.334 e. The molecule has 0 bridgehead atoms. The van der Waals surface area contributed by atoms with Gasteiger partial charge in [-0.05, 0) is 46.4 Å². The van der Waals surface area contributed by atoms with Crippen LogP contribution in [-0.4, -0.2) is 17.2 Å². The fourth-order valence-corrected chi connectivity index (χ4v) is 3.95. The van der Waals surface area contributed by atoms with Crippen LogP contribution in [0.3, 0.4) is 0 Å². The molecule has 0 radical (unpaired) electrons. The maximum Gasteiger partial charge on any atom is 0.259 e. The van der Waals surface area contributed by atoms with Crippen LogP contribution in [0.5, 0.6) is 0 Å². The first kappa shape index (κ1) is 13.8. The molecular formula is C15H9BrINO2. The molecule has 1 atom stereocenters. The highest BCUT2D eigenvalue weighted by molar-refractivity contribution is 14.1. The van der Waals surface area contributed by atoms with Gasteiger partial charge in [-0.15, -0.1) is 0 Å². The summed E-state index contributed by atoms with van der Waals surface area (Å²) in [6.07, 6.45) is 4.73. The molecule has 2 aliphatic rings. The molecule has 0 fully saturated rings. The third kappa shape index (κ3) is 2.00. The number of carbonyl (C=O) groups is 2. The normalized spacial score (nSPS) is 25.2. The van der Waals surface area contributed by atoms with Gasteiger partial charge >= 0.3 is 0 Å². The smallest absolute Gasteiger partial charge is 0.259 e. The first-order chi connectivity index (χ1) is 9.54. The number of nitrogens with one attached hydrogen (secondary N) is 1. The summed E-state index contributed by atoms with van der Waals surface area (Å²) in [5.41, 5.74) is 1.05. The van der Waals surface area contributed by atoms with Gasteiger partial charge in [0.1, 0.15) is 5.54 Å². The van der Waals surface area contributed by atoms with E-state index < -0.39 is 5.54 Å². The molecule has 1 spiro atoms. The van der Waals surface area contributed by atoms with Gasteiger partial charge in [-0.3, -0.25) is 9.59 Å². The third-order valence-corrected chi connectivity index (χ3v) is 5.21. The number of rotatable bonds is 1. The number of amides is 1. The number of hydrogen-bond donors (Lipinski definition) is 1. The Labute approximate surface area is 138 Å². The van der Waals surface area contributed by atoms with E-state index in [0.29, 0.717) is 8.06 Å². The predicted octanol–water partition coefficient (Wildman–Crippen LogP) is 3.12. The summed E-state index contributed by atoms with van der Waals surface area (Å²) in [7, 11) is 0. The number of ketones is 1. The van der Waals surface area contributed by atoms with Crippen molar-refractivity contribution in [3.8, 4) is 0 Å². The number of halogens is 2. The zero-order chi connectivity index (χ0) is 14.3. The molecule has 0 saturated carbocycles. The van der Waals surface area contributed by atoms with E-state index in [4.69, 9.17) is 0 Å². The van der Waals surface area contributed by atoms with Crippen molar-refractivity contribution in [2.24, 2.45) is 0 Å². The van der Waals surface area contributed by atoms with E-state index in [1.165, 1.54) is 12.2 Å². The molecule has 3 nitrogen and oxygen atoms in total. The molecule has 1 amide bonds. The molecular weight excluding hydrogens is 433 g/mol. The Bertz CT molecular complexity index is 706. The van der Waals surface area contributed by atoms with Crippen LogP contribution in [0.25, 0.3) is 5.57 Å². The summed E-state index contributed by atoms with van der Waals surface area (Å²) in [6.45, 7) is 0. The zero-order valence-electron chi connectivity index (χ0n) is 10.2. The molecule has 100 valence electrons. The monoisotopic (exact) mass is 441 g/mol. The lowest BCUT2D eigenvalue weighted by atomic mass is 9.83. The van der Waals surface area contributed by atoms with Crippen LogP contribution in [0, 0.1) is 0 Å². The fraction of sp³-hybridized carbons (Fsp3) is 0.0667. The van der Waals surface area contributed by atoms with Crippen LogP contribution >= 0.6 is 38.5 Å². The van der Waals surface area contributed by atoms with Crippen LogP contribution in [0.1, 0.15) is 5.56 Å². The highest BCUT2D eigenvalue weighted by atomic mass is 127. The van der Waals surface area contributed by atoms with Gasteiger partial charge in [-0.1, -0.05) is 46.3 Å². The van der Waals surface area contributed by atoms with Crippen molar-refractivity contribution in [3.63, 3.8) is 0 Å². The minimum absolute atomic E-state index is 0.0916. The minimum Gasteiger partial charge on any atom is -0.334 e. The van der Waals surface area contributed by atoms with Gasteiger partial charge in [-0.25, -0.2) is 0 Å². The van der Waals surface area contributed by atoms with Crippen LogP contribution in [-0.2, 0) is 9.59 Å². The Hall–Kier alpha value is -1.21. The van der Waals surface area contributed by atoms with E-state index in [0.717, 1.165) is 11.1 Å². The van der Waals surface area contributed by atoms with Gasteiger partial charge < -0.3 is 5.32 Å².